The van der Waals surface area contributed by atoms with Crippen molar-refractivity contribution >= 4 is 5.91 Å². The summed E-state index contributed by atoms with van der Waals surface area (Å²) in [7, 11) is 0. The Morgan fingerprint density at radius 2 is 1.97 bits per heavy atom. The van der Waals surface area contributed by atoms with Gasteiger partial charge in [-0.1, -0.05) is 47.1 Å². The van der Waals surface area contributed by atoms with Crippen LogP contribution < -0.4 is 5.43 Å². The molecule has 1 amide bonds. The van der Waals surface area contributed by atoms with Gasteiger partial charge >= 0.3 is 0 Å². The van der Waals surface area contributed by atoms with Gasteiger partial charge in [0.25, 0.3) is 5.91 Å². The number of nitrogens with zero attached hydrogens (tertiary/aromatic N) is 4. The van der Waals surface area contributed by atoms with Crippen LogP contribution in [-0.2, 0) is 11.3 Å². The van der Waals surface area contributed by atoms with Gasteiger partial charge in [0.1, 0.15) is 12.6 Å². The lowest BCUT2D eigenvalue weighted by Gasteiger charge is -2.30. The van der Waals surface area contributed by atoms with Crippen molar-refractivity contribution in [1.29, 1.82) is 0 Å². The van der Waals surface area contributed by atoms with Crippen LogP contribution in [0, 0.1) is 20.8 Å². The van der Waals surface area contributed by atoms with Crippen LogP contribution in [0.4, 0.5) is 0 Å². The Kier molecular flexibility index (Phi) is 4.82. The lowest BCUT2D eigenvalue weighted by Crippen LogP contribution is -2.47. The average Bonchev–Trinajstić information content (AvgIpc) is 3.40. The molecule has 2 aliphatic rings. The van der Waals surface area contributed by atoms with Gasteiger partial charge in [-0.15, -0.1) is 0 Å². The molecule has 0 spiro atoms. The number of aromatic nitrogens is 2. The van der Waals surface area contributed by atoms with Gasteiger partial charge in [0.2, 0.25) is 11.7 Å². The normalized spacial score (nSPS) is 20.4. The van der Waals surface area contributed by atoms with Crippen molar-refractivity contribution < 1.29 is 9.32 Å². The van der Waals surface area contributed by atoms with Crippen molar-refractivity contribution in [1.82, 2.24) is 25.5 Å². The van der Waals surface area contributed by atoms with Crippen molar-refractivity contribution in [3.8, 4) is 11.4 Å². The Labute approximate surface area is 181 Å². The number of hydrogen-bond donors (Lipinski definition) is 1. The molecule has 2 aliphatic heterocycles. The van der Waals surface area contributed by atoms with E-state index in [1.165, 1.54) is 16.7 Å². The maximum Gasteiger partial charge on any atom is 0.251 e. The van der Waals surface area contributed by atoms with Gasteiger partial charge in [0, 0.05) is 18.0 Å². The zero-order valence-corrected chi connectivity index (χ0v) is 17.9. The second-order valence-corrected chi connectivity index (χ2v) is 8.33. The fourth-order valence-electron chi connectivity index (χ4n) is 4.13. The van der Waals surface area contributed by atoms with E-state index in [1.54, 1.807) is 11.1 Å². The molecule has 0 radical (unpaired) electrons. The summed E-state index contributed by atoms with van der Waals surface area (Å²) in [6.07, 6.45) is 4.39. The predicted molar refractivity (Wildman–Crippen MR) is 116 cm³/mol. The van der Waals surface area contributed by atoms with Crippen molar-refractivity contribution in [2.45, 2.75) is 45.8 Å². The van der Waals surface area contributed by atoms with E-state index in [1.807, 2.05) is 42.4 Å². The number of carbonyl (C=O) groups excluding carboxylic acids is 1. The quantitative estimate of drug-likeness (QED) is 0.699. The van der Waals surface area contributed by atoms with Crippen LogP contribution >= 0.6 is 0 Å². The van der Waals surface area contributed by atoms with Gasteiger partial charge in [0.15, 0.2) is 0 Å². The summed E-state index contributed by atoms with van der Waals surface area (Å²) in [6, 6.07) is 14.3. The molecule has 158 valence electrons. The highest BCUT2D eigenvalue weighted by molar-refractivity contribution is 5.84. The molecule has 0 aliphatic carbocycles. The number of aryl methyl sites for hydroxylation is 3. The molecule has 1 fully saturated rings. The maximum absolute atomic E-state index is 13.1. The third-order valence-corrected chi connectivity index (χ3v) is 6.06. The Hall–Kier alpha value is -3.45. The minimum Gasteiger partial charge on any atom is -0.337 e. The molecule has 7 heteroatoms. The summed E-state index contributed by atoms with van der Waals surface area (Å²) in [4.78, 5) is 19.3. The van der Waals surface area contributed by atoms with Crippen molar-refractivity contribution in [2.75, 3.05) is 0 Å². The summed E-state index contributed by atoms with van der Waals surface area (Å²) >= 11 is 0. The topological polar surface area (TPSA) is 74.5 Å². The molecular formula is C24H25N5O2. The zero-order chi connectivity index (χ0) is 21.5. The lowest BCUT2D eigenvalue weighted by molar-refractivity contribution is -0.135. The monoisotopic (exact) mass is 415 g/mol. The van der Waals surface area contributed by atoms with Crippen LogP contribution in [0.3, 0.4) is 0 Å². The smallest absolute Gasteiger partial charge is 0.251 e. The summed E-state index contributed by atoms with van der Waals surface area (Å²) in [5, 5.41) is 5.99. The third-order valence-electron chi connectivity index (χ3n) is 6.06. The number of carbonyl (C=O) groups is 1. The average molecular weight is 415 g/mol. The zero-order valence-electron chi connectivity index (χ0n) is 17.9. The molecule has 1 N–H and O–H groups in total. The fourth-order valence-corrected chi connectivity index (χ4v) is 4.13. The number of fused-ring (bicyclic) bond motifs is 1. The van der Waals surface area contributed by atoms with Gasteiger partial charge in [-0.3, -0.25) is 4.79 Å². The molecule has 2 aromatic carbocycles. The van der Waals surface area contributed by atoms with Crippen LogP contribution in [0.25, 0.3) is 11.4 Å². The first kappa shape index (κ1) is 19.5. The van der Waals surface area contributed by atoms with Gasteiger partial charge in [-0.25, -0.2) is 5.43 Å². The Morgan fingerprint density at radius 1 is 1.10 bits per heavy atom. The van der Waals surface area contributed by atoms with E-state index < -0.39 is 0 Å². The first-order valence-corrected chi connectivity index (χ1v) is 10.5. The van der Waals surface area contributed by atoms with E-state index in [0.29, 0.717) is 18.1 Å². The molecule has 1 saturated heterocycles. The Morgan fingerprint density at radius 3 is 2.77 bits per heavy atom. The molecule has 3 aromatic rings. The molecule has 7 nitrogen and oxygen atoms in total. The van der Waals surface area contributed by atoms with Crippen LogP contribution in [0.2, 0.25) is 0 Å². The Balaban J connectivity index is 1.29. The van der Waals surface area contributed by atoms with E-state index in [0.717, 1.165) is 11.1 Å². The second kappa shape index (κ2) is 7.67. The van der Waals surface area contributed by atoms with Crippen molar-refractivity contribution in [3.05, 3.63) is 83.0 Å². The molecule has 1 aromatic heterocycles. The van der Waals surface area contributed by atoms with E-state index in [-0.39, 0.29) is 24.5 Å². The fraction of sp³-hybridized carbons (Fsp3) is 0.292. The molecule has 31 heavy (non-hydrogen) atoms. The van der Waals surface area contributed by atoms with E-state index >= 15 is 0 Å². The molecule has 5 rings (SSSR count). The maximum atomic E-state index is 13.1. The highest BCUT2D eigenvalue weighted by Crippen LogP contribution is 2.32. The molecule has 0 saturated carbocycles. The lowest BCUT2D eigenvalue weighted by atomic mass is 9.97. The second-order valence-electron chi connectivity index (χ2n) is 8.33. The summed E-state index contributed by atoms with van der Waals surface area (Å²) in [5.41, 5.74) is 9.21. The summed E-state index contributed by atoms with van der Waals surface area (Å²) < 4.78 is 5.42. The first-order chi connectivity index (χ1) is 15.0. The highest BCUT2D eigenvalue weighted by Gasteiger charge is 2.40. The summed E-state index contributed by atoms with van der Waals surface area (Å²) in [6.45, 7) is 6.50. The van der Waals surface area contributed by atoms with E-state index in [4.69, 9.17) is 4.52 Å². The van der Waals surface area contributed by atoms with Gasteiger partial charge in [0.05, 0.1) is 6.04 Å². The van der Waals surface area contributed by atoms with Gasteiger partial charge < -0.3 is 14.4 Å². The standard InChI is InChI=1S/C24H25N5O2/c1-15-5-4-6-19(11-15)23-25-22(31-27-23)14-28-9-10-29-21(24(28)30)13-20(26-29)18-8-7-16(2)17(3)12-18/h4-12,20-21,26H,13-14H2,1-3H3. The Bertz CT molecular complexity index is 1170. The van der Waals surface area contributed by atoms with Gasteiger partial charge in [-0.2, -0.15) is 4.98 Å². The number of benzene rings is 2. The molecule has 3 heterocycles. The van der Waals surface area contributed by atoms with Crippen LogP contribution in [-0.4, -0.2) is 32.0 Å². The number of amides is 1. The summed E-state index contributed by atoms with van der Waals surface area (Å²) in [5.74, 6) is 0.974. The molecule has 2 unspecified atom stereocenters. The molecule has 0 bridgehead atoms. The van der Waals surface area contributed by atoms with E-state index in [9.17, 15) is 4.79 Å². The highest BCUT2D eigenvalue weighted by atomic mass is 16.5. The largest absolute Gasteiger partial charge is 0.337 e. The van der Waals surface area contributed by atoms with E-state index in [2.05, 4.69) is 47.6 Å². The van der Waals surface area contributed by atoms with Crippen molar-refractivity contribution in [3.63, 3.8) is 0 Å². The number of rotatable bonds is 4. The predicted octanol–water partition coefficient (Wildman–Crippen LogP) is 3.80. The van der Waals surface area contributed by atoms with Gasteiger partial charge in [-0.05, 0) is 49.9 Å². The van der Waals surface area contributed by atoms with Crippen LogP contribution in [0.15, 0.2) is 59.4 Å². The number of hydrazine groups is 1. The number of hydrogen-bond acceptors (Lipinski definition) is 6. The van der Waals surface area contributed by atoms with Crippen LogP contribution in [0.5, 0.6) is 0 Å². The minimum absolute atomic E-state index is 0.0247. The van der Waals surface area contributed by atoms with Crippen LogP contribution in [0.1, 0.15) is 40.6 Å². The molecular weight excluding hydrogens is 390 g/mol. The van der Waals surface area contributed by atoms with Crippen molar-refractivity contribution in [2.24, 2.45) is 0 Å². The first-order valence-electron chi connectivity index (χ1n) is 10.5. The minimum atomic E-state index is -0.254. The third kappa shape index (κ3) is 3.72. The number of nitrogens with one attached hydrogen (secondary N) is 1. The SMILES string of the molecule is Cc1cccc(-c2noc(CN3C=CN4NC(c5ccc(C)c(C)c5)CC4C3=O)n2)c1. The molecule has 2 atom stereocenters.